The Morgan fingerprint density at radius 2 is 2.26 bits per heavy atom. The highest BCUT2D eigenvalue weighted by molar-refractivity contribution is 9.10. The quantitative estimate of drug-likeness (QED) is 0.829. The lowest BCUT2D eigenvalue weighted by Gasteiger charge is -2.27. The molecule has 0 aromatic heterocycles. The average Bonchev–Trinajstić information content (AvgIpc) is 2.37. The van der Waals surface area contributed by atoms with Gasteiger partial charge in [-0.2, -0.15) is 0 Å². The molecule has 1 unspecified atom stereocenters. The summed E-state index contributed by atoms with van der Waals surface area (Å²) in [7, 11) is 0. The van der Waals surface area contributed by atoms with Crippen LogP contribution in [0.1, 0.15) is 20.3 Å². The molecular formula is C13H17BrClNO3. The van der Waals surface area contributed by atoms with E-state index in [1.165, 1.54) is 0 Å². The van der Waals surface area contributed by atoms with Crippen molar-refractivity contribution in [2.24, 2.45) is 0 Å². The lowest BCUT2D eigenvalue weighted by Crippen LogP contribution is -2.49. The Kier molecular flexibility index (Phi) is 6.10. The smallest absolute Gasteiger partial charge is 0.258 e. The van der Waals surface area contributed by atoms with Gasteiger partial charge in [0, 0.05) is 4.47 Å². The number of halogens is 2. The van der Waals surface area contributed by atoms with Gasteiger partial charge in [0.25, 0.3) is 5.91 Å². The van der Waals surface area contributed by atoms with Gasteiger partial charge in [0.15, 0.2) is 6.61 Å². The van der Waals surface area contributed by atoms with Gasteiger partial charge in [0.1, 0.15) is 5.75 Å². The molecule has 19 heavy (non-hydrogen) atoms. The fraction of sp³-hybridized carbons (Fsp3) is 0.462. The van der Waals surface area contributed by atoms with Crippen molar-refractivity contribution in [3.8, 4) is 5.75 Å². The second-order valence-electron chi connectivity index (χ2n) is 4.48. The largest absolute Gasteiger partial charge is 0.482 e. The summed E-state index contributed by atoms with van der Waals surface area (Å²) >= 11 is 9.26. The molecule has 0 radical (unpaired) electrons. The van der Waals surface area contributed by atoms with Gasteiger partial charge in [-0.3, -0.25) is 4.79 Å². The van der Waals surface area contributed by atoms with Crippen molar-refractivity contribution in [2.45, 2.75) is 25.8 Å². The van der Waals surface area contributed by atoms with Gasteiger partial charge in [-0.1, -0.05) is 34.5 Å². The van der Waals surface area contributed by atoms with Crippen LogP contribution >= 0.6 is 27.5 Å². The van der Waals surface area contributed by atoms with Crippen molar-refractivity contribution in [2.75, 3.05) is 13.2 Å². The topological polar surface area (TPSA) is 58.6 Å². The fourth-order valence-corrected chi connectivity index (χ4v) is 2.08. The number of ether oxygens (including phenoxy) is 1. The van der Waals surface area contributed by atoms with Crippen LogP contribution in [0.3, 0.4) is 0 Å². The molecular weight excluding hydrogens is 334 g/mol. The van der Waals surface area contributed by atoms with Gasteiger partial charge in [-0.05, 0) is 31.5 Å². The zero-order valence-electron chi connectivity index (χ0n) is 10.9. The third kappa shape index (κ3) is 5.01. The van der Waals surface area contributed by atoms with Gasteiger partial charge < -0.3 is 15.2 Å². The number of aliphatic hydroxyl groups excluding tert-OH is 1. The molecule has 6 heteroatoms. The van der Waals surface area contributed by atoms with E-state index in [1.807, 2.05) is 6.92 Å². The molecule has 1 aromatic carbocycles. The van der Waals surface area contributed by atoms with E-state index in [0.29, 0.717) is 17.2 Å². The Morgan fingerprint density at radius 1 is 1.58 bits per heavy atom. The third-order valence-electron chi connectivity index (χ3n) is 2.82. The Bertz CT molecular complexity index is 450. The normalized spacial score (nSPS) is 13.7. The molecule has 1 rings (SSSR count). The maximum atomic E-state index is 11.7. The number of hydrogen-bond donors (Lipinski definition) is 2. The number of amides is 1. The molecule has 0 aliphatic rings. The third-order valence-corrected chi connectivity index (χ3v) is 3.61. The van der Waals surface area contributed by atoms with E-state index < -0.39 is 5.54 Å². The van der Waals surface area contributed by atoms with Crippen LogP contribution in [0.2, 0.25) is 5.02 Å². The SMILES string of the molecule is CCC(C)(CO)NC(=O)COc1ccc(Br)cc1Cl. The van der Waals surface area contributed by atoms with E-state index in [9.17, 15) is 9.90 Å². The monoisotopic (exact) mass is 349 g/mol. The molecule has 1 atom stereocenters. The molecule has 2 N–H and O–H groups in total. The van der Waals surface area contributed by atoms with Crippen molar-refractivity contribution in [1.82, 2.24) is 5.32 Å². The molecule has 0 aliphatic carbocycles. The maximum Gasteiger partial charge on any atom is 0.258 e. The number of nitrogens with one attached hydrogen (secondary N) is 1. The van der Waals surface area contributed by atoms with Crippen LogP contribution in [0.5, 0.6) is 5.75 Å². The van der Waals surface area contributed by atoms with E-state index in [1.54, 1.807) is 25.1 Å². The first-order chi connectivity index (χ1) is 8.90. The van der Waals surface area contributed by atoms with Crippen LogP contribution in [0, 0.1) is 0 Å². The predicted octanol–water partition coefficient (Wildman–Crippen LogP) is 2.76. The number of hydrogen-bond acceptors (Lipinski definition) is 3. The maximum absolute atomic E-state index is 11.7. The Labute approximate surface area is 126 Å². The summed E-state index contributed by atoms with van der Waals surface area (Å²) in [4.78, 5) is 11.7. The Hall–Kier alpha value is -0.780. The lowest BCUT2D eigenvalue weighted by molar-refractivity contribution is -0.125. The van der Waals surface area contributed by atoms with Gasteiger partial charge in [0.05, 0.1) is 17.2 Å². The minimum atomic E-state index is -0.621. The molecule has 106 valence electrons. The molecule has 0 aliphatic heterocycles. The van der Waals surface area contributed by atoms with Crippen molar-refractivity contribution >= 4 is 33.4 Å². The summed E-state index contributed by atoms with van der Waals surface area (Å²) in [6.07, 6.45) is 0.633. The molecule has 0 saturated carbocycles. The summed E-state index contributed by atoms with van der Waals surface area (Å²) in [5, 5.41) is 12.4. The molecule has 0 heterocycles. The van der Waals surface area contributed by atoms with Crippen molar-refractivity contribution in [3.63, 3.8) is 0 Å². The first-order valence-electron chi connectivity index (χ1n) is 5.90. The Balaban J connectivity index is 2.55. The summed E-state index contributed by atoms with van der Waals surface area (Å²) < 4.78 is 6.18. The van der Waals surface area contributed by atoms with Crippen LogP contribution in [-0.4, -0.2) is 29.8 Å². The van der Waals surface area contributed by atoms with Crippen molar-refractivity contribution in [1.29, 1.82) is 0 Å². The molecule has 4 nitrogen and oxygen atoms in total. The first kappa shape index (κ1) is 16.3. The number of rotatable bonds is 6. The highest BCUT2D eigenvalue weighted by Gasteiger charge is 2.23. The second-order valence-corrected chi connectivity index (χ2v) is 5.81. The van der Waals surface area contributed by atoms with Crippen molar-refractivity contribution < 1.29 is 14.6 Å². The minimum absolute atomic E-state index is 0.117. The minimum Gasteiger partial charge on any atom is -0.482 e. The van der Waals surface area contributed by atoms with E-state index in [0.717, 1.165) is 4.47 Å². The van der Waals surface area contributed by atoms with Gasteiger partial charge >= 0.3 is 0 Å². The van der Waals surface area contributed by atoms with Gasteiger partial charge in [-0.25, -0.2) is 0 Å². The summed E-state index contributed by atoms with van der Waals surface area (Å²) in [5.74, 6) is 0.152. The average molecular weight is 351 g/mol. The summed E-state index contributed by atoms with van der Waals surface area (Å²) in [5.41, 5.74) is -0.621. The number of carbonyl (C=O) groups is 1. The lowest BCUT2D eigenvalue weighted by atomic mass is 10.0. The summed E-state index contributed by atoms with van der Waals surface area (Å²) in [6.45, 7) is 3.41. The summed E-state index contributed by atoms with van der Waals surface area (Å²) in [6, 6.07) is 5.16. The molecule has 0 fully saturated rings. The van der Waals surface area contributed by atoms with E-state index in [4.69, 9.17) is 16.3 Å². The molecule has 1 amide bonds. The van der Waals surface area contributed by atoms with Crippen LogP contribution in [0.25, 0.3) is 0 Å². The van der Waals surface area contributed by atoms with Crippen LogP contribution in [0.15, 0.2) is 22.7 Å². The molecule has 1 aromatic rings. The van der Waals surface area contributed by atoms with Crippen LogP contribution in [0.4, 0.5) is 0 Å². The zero-order valence-corrected chi connectivity index (χ0v) is 13.2. The second kappa shape index (κ2) is 7.12. The molecule has 0 bridgehead atoms. The van der Waals surface area contributed by atoms with Gasteiger partial charge in [0.2, 0.25) is 0 Å². The fourth-order valence-electron chi connectivity index (χ4n) is 1.35. The standard InChI is InChI=1S/C13H17BrClNO3/c1-3-13(2,8-17)16-12(18)7-19-11-5-4-9(14)6-10(11)15/h4-6,17H,3,7-8H2,1-2H3,(H,16,18). The van der Waals surface area contributed by atoms with E-state index in [-0.39, 0.29) is 19.1 Å². The van der Waals surface area contributed by atoms with Crippen LogP contribution in [-0.2, 0) is 4.79 Å². The number of carbonyl (C=O) groups excluding carboxylic acids is 1. The molecule has 0 saturated heterocycles. The first-order valence-corrected chi connectivity index (χ1v) is 7.07. The number of aliphatic hydroxyl groups is 1. The van der Waals surface area contributed by atoms with E-state index in [2.05, 4.69) is 21.2 Å². The van der Waals surface area contributed by atoms with Crippen molar-refractivity contribution in [3.05, 3.63) is 27.7 Å². The van der Waals surface area contributed by atoms with Crippen LogP contribution < -0.4 is 10.1 Å². The Morgan fingerprint density at radius 3 is 2.79 bits per heavy atom. The highest BCUT2D eigenvalue weighted by Crippen LogP contribution is 2.27. The predicted molar refractivity (Wildman–Crippen MR) is 78.6 cm³/mol. The van der Waals surface area contributed by atoms with Gasteiger partial charge in [-0.15, -0.1) is 0 Å². The zero-order chi connectivity index (χ0) is 14.5. The highest BCUT2D eigenvalue weighted by atomic mass is 79.9. The molecule has 0 spiro atoms. The number of benzene rings is 1. The van der Waals surface area contributed by atoms with E-state index >= 15 is 0 Å².